The smallest absolute Gasteiger partial charge is 0.134 e. The average Bonchev–Trinajstić information content (AvgIpc) is 2.27. The second kappa shape index (κ2) is 6.77. The summed E-state index contributed by atoms with van der Waals surface area (Å²) in [6, 6.07) is 2.31. The number of rotatable bonds is 6. The average molecular weight is 257 g/mol. The Labute approximate surface area is 108 Å². The topological polar surface area (TPSA) is 41.1 Å². The van der Waals surface area contributed by atoms with Gasteiger partial charge in [-0.15, -0.1) is 0 Å². The summed E-state index contributed by atoms with van der Waals surface area (Å²) in [4.78, 5) is 10.8. The number of aryl methyl sites for hydroxylation is 1. The van der Waals surface area contributed by atoms with Gasteiger partial charge >= 0.3 is 0 Å². The lowest BCUT2D eigenvalue weighted by molar-refractivity contribution is 0.284. The highest BCUT2D eigenvalue weighted by Gasteiger charge is 2.04. The first-order valence-corrected chi connectivity index (χ1v) is 6.38. The number of nitrogens with one attached hydrogen (secondary N) is 1. The molecule has 1 heterocycles. The van der Waals surface area contributed by atoms with Gasteiger partial charge in [-0.1, -0.05) is 18.5 Å². The minimum atomic E-state index is 0.497. The van der Waals surface area contributed by atoms with E-state index in [1.807, 2.05) is 6.92 Å². The van der Waals surface area contributed by atoms with E-state index in [9.17, 15) is 0 Å². The predicted molar refractivity (Wildman–Crippen MR) is 72.7 cm³/mol. The molecule has 1 aromatic heterocycles. The molecule has 17 heavy (non-hydrogen) atoms. The molecule has 0 unspecified atom stereocenters. The summed E-state index contributed by atoms with van der Waals surface area (Å²) < 4.78 is 0. The predicted octanol–water partition coefficient (Wildman–Crippen LogP) is 2.44. The van der Waals surface area contributed by atoms with Gasteiger partial charge in [0.1, 0.15) is 16.8 Å². The number of aromatic nitrogens is 2. The Morgan fingerprint density at radius 2 is 2.12 bits per heavy atom. The molecular weight excluding hydrogens is 236 g/mol. The van der Waals surface area contributed by atoms with Gasteiger partial charge in [-0.25, -0.2) is 9.97 Å². The van der Waals surface area contributed by atoms with Gasteiger partial charge in [-0.05, 0) is 20.9 Å². The van der Waals surface area contributed by atoms with Crippen molar-refractivity contribution in [1.29, 1.82) is 0 Å². The van der Waals surface area contributed by atoms with Gasteiger partial charge in [0, 0.05) is 31.6 Å². The second-order valence-corrected chi connectivity index (χ2v) is 4.73. The third kappa shape index (κ3) is 4.88. The van der Waals surface area contributed by atoms with Crippen LogP contribution >= 0.6 is 11.6 Å². The molecule has 0 aliphatic carbocycles. The summed E-state index contributed by atoms with van der Waals surface area (Å²) in [5, 5.41) is 3.77. The zero-order valence-corrected chi connectivity index (χ0v) is 11.8. The molecule has 0 aromatic carbocycles. The quantitative estimate of drug-likeness (QED) is 0.794. The van der Waals surface area contributed by atoms with Crippen molar-refractivity contribution >= 4 is 17.4 Å². The lowest BCUT2D eigenvalue weighted by Crippen LogP contribution is -2.31. The molecule has 1 rings (SSSR count). The Kier molecular flexibility index (Phi) is 5.65. The first kappa shape index (κ1) is 14.2. The van der Waals surface area contributed by atoms with Crippen molar-refractivity contribution in [2.24, 2.45) is 0 Å². The summed E-state index contributed by atoms with van der Waals surface area (Å²) in [7, 11) is 2.11. The Morgan fingerprint density at radius 1 is 1.41 bits per heavy atom. The van der Waals surface area contributed by atoms with Crippen molar-refractivity contribution in [2.45, 2.75) is 33.2 Å². The monoisotopic (exact) mass is 256 g/mol. The molecule has 0 aliphatic rings. The Balaban J connectivity index is 2.49. The SMILES string of the molecule is CCc1nc(Cl)cc(NCCN(C)C(C)C)n1. The van der Waals surface area contributed by atoms with Crippen LogP contribution in [-0.2, 0) is 6.42 Å². The van der Waals surface area contributed by atoms with Crippen molar-refractivity contribution < 1.29 is 0 Å². The minimum absolute atomic E-state index is 0.497. The molecule has 0 atom stereocenters. The molecule has 0 saturated heterocycles. The van der Waals surface area contributed by atoms with Crippen molar-refractivity contribution in [3.8, 4) is 0 Å². The van der Waals surface area contributed by atoms with E-state index in [4.69, 9.17) is 11.6 Å². The van der Waals surface area contributed by atoms with E-state index in [1.165, 1.54) is 0 Å². The lowest BCUT2D eigenvalue weighted by atomic mass is 10.3. The second-order valence-electron chi connectivity index (χ2n) is 4.35. The maximum Gasteiger partial charge on any atom is 0.134 e. The fraction of sp³-hybridized carbons (Fsp3) is 0.667. The number of likely N-dealkylation sites (N-methyl/N-ethyl adjacent to an activating group) is 1. The number of anilines is 1. The number of hydrogen-bond donors (Lipinski definition) is 1. The summed E-state index contributed by atoms with van der Waals surface area (Å²) in [6.45, 7) is 8.20. The first-order chi connectivity index (χ1) is 8.02. The summed E-state index contributed by atoms with van der Waals surface area (Å²) in [5.41, 5.74) is 0. The molecule has 0 aliphatic heterocycles. The van der Waals surface area contributed by atoms with Crippen LogP contribution in [0.3, 0.4) is 0 Å². The number of hydrogen-bond acceptors (Lipinski definition) is 4. The first-order valence-electron chi connectivity index (χ1n) is 6.00. The third-order valence-corrected chi connectivity index (χ3v) is 2.90. The van der Waals surface area contributed by atoms with Crippen LogP contribution in [0.25, 0.3) is 0 Å². The molecule has 0 spiro atoms. The standard InChI is InChI=1S/C12H21ClN4/c1-5-11-15-10(13)8-12(16-11)14-6-7-17(4)9(2)3/h8-9H,5-7H2,1-4H3,(H,14,15,16). The summed E-state index contributed by atoms with van der Waals surface area (Å²) in [6.07, 6.45) is 0.793. The molecular formula is C12H21ClN4. The van der Waals surface area contributed by atoms with Crippen LogP contribution < -0.4 is 5.32 Å². The van der Waals surface area contributed by atoms with E-state index in [1.54, 1.807) is 6.07 Å². The Hall–Kier alpha value is -0.870. The van der Waals surface area contributed by atoms with Crippen LogP contribution in [0.4, 0.5) is 5.82 Å². The van der Waals surface area contributed by atoms with E-state index in [-0.39, 0.29) is 0 Å². The maximum absolute atomic E-state index is 5.92. The Morgan fingerprint density at radius 3 is 2.71 bits per heavy atom. The van der Waals surface area contributed by atoms with Crippen LogP contribution in [0.5, 0.6) is 0 Å². The number of halogens is 1. The van der Waals surface area contributed by atoms with E-state index < -0.39 is 0 Å². The van der Waals surface area contributed by atoms with Gasteiger partial charge < -0.3 is 10.2 Å². The molecule has 0 saturated carbocycles. The molecule has 0 amide bonds. The van der Waals surface area contributed by atoms with E-state index in [2.05, 4.69) is 41.1 Å². The van der Waals surface area contributed by atoms with Crippen LogP contribution in [0.2, 0.25) is 5.15 Å². The van der Waals surface area contributed by atoms with Crippen LogP contribution in [0, 0.1) is 0 Å². The van der Waals surface area contributed by atoms with Gasteiger partial charge in [0.15, 0.2) is 0 Å². The zero-order valence-electron chi connectivity index (χ0n) is 11.0. The summed E-state index contributed by atoms with van der Waals surface area (Å²) >= 11 is 5.92. The molecule has 96 valence electrons. The van der Waals surface area contributed by atoms with Crippen LogP contribution in [0.1, 0.15) is 26.6 Å². The van der Waals surface area contributed by atoms with Gasteiger partial charge in [-0.3, -0.25) is 0 Å². The van der Waals surface area contributed by atoms with Crippen molar-refractivity contribution in [1.82, 2.24) is 14.9 Å². The van der Waals surface area contributed by atoms with E-state index in [0.717, 1.165) is 31.2 Å². The van der Waals surface area contributed by atoms with Crippen molar-refractivity contribution in [3.05, 3.63) is 17.0 Å². The lowest BCUT2D eigenvalue weighted by Gasteiger charge is -2.21. The summed E-state index contributed by atoms with van der Waals surface area (Å²) in [5.74, 6) is 1.58. The maximum atomic E-state index is 5.92. The van der Waals surface area contributed by atoms with Gasteiger partial charge in [-0.2, -0.15) is 0 Å². The van der Waals surface area contributed by atoms with Gasteiger partial charge in [0.05, 0.1) is 0 Å². The van der Waals surface area contributed by atoms with Crippen molar-refractivity contribution in [2.75, 3.05) is 25.5 Å². The molecule has 0 radical (unpaired) electrons. The number of nitrogens with zero attached hydrogens (tertiary/aromatic N) is 3. The highest BCUT2D eigenvalue weighted by molar-refractivity contribution is 6.29. The van der Waals surface area contributed by atoms with Gasteiger partial charge in [0.2, 0.25) is 0 Å². The van der Waals surface area contributed by atoms with Crippen molar-refractivity contribution in [3.63, 3.8) is 0 Å². The minimum Gasteiger partial charge on any atom is -0.369 e. The molecule has 1 aromatic rings. The highest BCUT2D eigenvalue weighted by atomic mass is 35.5. The van der Waals surface area contributed by atoms with Crippen LogP contribution in [-0.4, -0.2) is 41.0 Å². The molecule has 0 fully saturated rings. The zero-order chi connectivity index (χ0) is 12.8. The fourth-order valence-corrected chi connectivity index (χ4v) is 1.53. The van der Waals surface area contributed by atoms with Crippen LogP contribution in [0.15, 0.2) is 6.07 Å². The van der Waals surface area contributed by atoms with E-state index >= 15 is 0 Å². The van der Waals surface area contributed by atoms with Gasteiger partial charge in [0.25, 0.3) is 0 Å². The molecule has 4 nitrogen and oxygen atoms in total. The normalized spacial score (nSPS) is 11.2. The third-order valence-electron chi connectivity index (χ3n) is 2.71. The highest BCUT2D eigenvalue weighted by Crippen LogP contribution is 2.11. The molecule has 1 N–H and O–H groups in total. The largest absolute Gasteiger partial charge is 0.369 e. The fourth-order valence-electron chi connectivity index (χ4n) is 1.33. The molecule has 0 bridgehead atoms. The van der Waals surface area contributed by atoms with E-state index in [0.29, 0.717) is 11.2 Å². The molecule has 5 heteroatoms. The Bertz CT molecular complexity index is 354.